The lowest BCUT2D eigenvalue weighted by Crippen LogP contribution is -2.52. The Labute approximate surface area is 184 Å². The fraction of sp³-hybridized carbons (Fsp3) is 0.381. The summed E-state index contributed by atoms with van der Waals surface area (Å²) >= 11 is 1.47. The molecule has 1 fully saturated rings. The quantitative estimate of drug-likeness (QED) is 0.586. The van der Waals surface area contributed by atoms with E-state index in [1.807, 2.05) is 42.9 Å². The second-order valence-electron chi connectivity index (χ2n) is 8.07. The van der Waals surface area contributed by atoms with Gasteiger partial charge in [-0.25, -0.2) is 13.4 Å². The molecule has 1 aliphatic rings. The summed E-state index contributed by atoms with van der Waals surface area (Å²) in [6, 6.07) is 7.93. The topological polar surface area (TPSA) is 110 Å². The number of nitrogens with zero attached hydrogens (tertiary/aromatic N) is 2. The number of sulfone groups is 1. The van der Waals surface area contributed by atoms with Crippen molar-refractivity contribution in [1.29, 1.82) is 0 Å². The highest BCUT2D eigenvalue weighted by atomic mass is 32.2. The second-order valence-corrected chi connectivity index (χ2v) is 11.3. The molecule has 3 aromatic rings. The fourth-order valence-electron chi connectivity index (χ4n) is 3.59. The minimum Gasteiger partial charge on any atom is -0.351 e. The van der Waals surface area contributed by atoms with Crippen LogP contribution in [0, 0.1) is 5.92 Å². The molecule has 2 amide bonds. The maximum absolute atomic E-state index is 12.9. The van der Waals surface area contributed by atoms with Crippen LogP contribution >= 0.6 is 11.3 Å². The van der Waals surface area contributed by atoms with Crippen molar-refractivity contribution in [3.05, 3.63) is 48.3 Å². The first kappa shape index (κ1) is 21.5. The van der Waals surface area contributed by atoms with Crippen LogP contribution in [0.3, 0.4) is 0 Å². The Balaban J connectivity index is 1.48. The van der Waals surface area contributed by atoms with Gasteiger partial charge in [0.05, 0.1) is 21.7 Å². The Kier molecular flexibility index (Phi) is 5.85. The van der Waals surface area contributed by atoms with E-state index in [1.165, 1.54) is 11.3 Å². The molecule has 0 spiro atoms. The molecule has 0 aliphatic carbocycles. The van der Waals surface area contributed by atoms with Gasteiger partial charge in [0.15, 0.2) is 15.0 Å². The number of amides is 2. The standard InChI is InChI=1S/C21H24N4O4S2/c1-13(2)18(20(27)22-15-7-10-31(28,29)12-15)24-19(26)14-5-6-16-17(11-14)30-21(23-16)25-8-3-4-9-25/h3-6,8-9,11,13,15,18H,7,10,12H2,1-2H3,(H,22,27)(H,24,26)/t15-,18-/m0/s1. The first-order valence-corrected chi connectivity index (χ1v) is 12.7. The third-order valence-corrected chi connectivity index (χ3v) is 8.08. The highest BCUT2D eigenvalue weighted by molar-refractivity contribution is 7.91. The molecule has 2 N–H and O–H groups in total. The summed E-state index contributed by atoms with van der Waals surface area (Å²) in [5.41, 5.74) is 1.24. The Morgan fingerprint density at radius 1 is 1.23 bits per heavy atom. The van der Waals surface area contributed by atoms with Crippen LogP contribution in [-0.4, -0.2) is 53.4 Å². The van der Waals surface area contributed by atoms with Crippen molar-refractivity contribution in [2.45, 2.75) is 32.4 Å². The molecule has 10 heteroatoms. The number of fused-ring (bicyclic) bond motifs is 1. The largest absolute Gasteiger partial charge is 0.351 e. The van der Waals surface area contributed by atoms with Crippen LogP contribution in [0.4, 0.5) is 0 Å². The van der Waals surface area contributed by atoms with Crippen LogP contribution in [0.15, 0.2) is 42.7 Å². The predicted octanol–water partition coefficient (Wildman–Crippen LogP) is 2.14. The van der Waals surface area contributed by atoms with Crippen LogP contribution in [0.1, 0.15) is 30.6 Å². The van der Waals surface area contributed by atoms with E-state index in [1.54, 1.807) is 18.2 Å². The molecule has 0 bridgehead atoms. The van der Waals surface area contributed by atoms with E-state index < -0.39 is 21.9 Å². The van der Waals surface area contributed by atoms with Crippen molar-refractivity contribution in [2.24, 2.45) is 5.92 Å². The summed E-state index contributed by atoms with van der Waals surface area (Å²) in [6.07, 6.45) is 4.22. The van der Waals surface area contributed by atoms with Crippen LogP contribution in [0.2, 0.25) is 0 Å². The molecule has 0 unspecified atom stereocenters. The highest BCUT2D eigenvalue weighted by Crippen LogP contribution is 2.26. The minimum absolute atomic E-state index is 0.0523. The normalized spacial score (nSPS) is 18.9. The zero-order valence-corrected chi connectivity index (χ0v) is 18.9. The molecule has 0 saturated carbocycles. The van der Waals surface area contributed by atoms with E-state index in [2.05, 4.69) is 15.6 Å². The van der Waals surface area contributed by atoms with Gasteiger partial charge >= 0.3 is 0 Å². The number of carbonyl (C=O) groups excluding carboxylic acids is 2. The molecule has 1 saturated heterocycles. The number of thiazole rings is 1. The SMILES string of the molecule is CC(C)[C@H](NC(=O)c1ccc2nc(-n3cccc3)sc2c1)C(=O)N[C@H]1CCS(=O)(=O)C1. The molecule has 0 radical (unpaired) electrons. The maximum Gasteiger partial charge on any atom is 0.251 e. The van der Waals surface area contributed by atoms with Crippen molar-refractivity contribution in [3.63, 3.8) is 0 Å². The molecule has 8 nitrogen and oxygen atoms in total. The summed E-state index contributed by atoms with van der Waals surface area (Å²) in [5, 5.41) is 6.39. The second kappa shape index (κ2) is 8.43. The van der Waals surface area contributed by atoms with Gasteiger partial charge in [-0.15, -0.1) is 0 Å². The Morgan fingerprint density at radius 2 is 1.97 bits per heavy atom. The molecule has 1 aromatic carbocycles. The molecule has 3 heterocycles. The number of aromatic nitrogens is 2. The molecule has 31 heavy (non-hydrogen) atoms. The lowest BCUT2D eigenvalue weighted by atomic mass is 10.0. The third kappa shape index (κ3) is 4.80. The monoisotopic (exact) mass is 460 g/mol. The van der Waals surface area contributed by atoms with Gasteiger partial charge in [-0.1, -0.05) is 25.2 Å². The average Bonchev–Trinajstić information content (AvgIpc) is 3.44. The molecule has 4 rings (SSSR count). The first-order chi connectivity index (χ1) is 14.7. The lowest BCUT2D eigenvalue weighted by molar-refractivity contribution is -0.124. The Bertz CT molecular complexity index is 1220. The zero-order valence-electron chi connectivity index (χ0n) is 17.2. The number of hydrogen-bond donors (Lipinski definition) is 2. The van der Waals surface area contributed by atoms with E-state index in [-0.39, 0.29) is 29.2 Å². The number of benzene rings is 1. The number of hydrogen-bond acceptors (Lipinski definition) is 6. The molecule has 1 aliphatic heterocycles. The van der Waals surface area contributed by atoms with Gasteiger partial charge in [0, 0.05) is 24.0 Å². The van der Waals surface area contributed by atoms with Crippen molar-refractivity contribution in [1.82, 2.24) is 20.2 Å². The number of rotatable bonds is 6. The van der Waals surface area contributed by atoms with Crippen LogP contribution < -0.4 is 10.6 Å². The minimum atomic E-state index is -3.10. The lowest BCUT2D eigenvalue weighted by Gasteiger charge is -2.23. The molecule has 2 aromatic heterocycles. The molecular weight excluding hydrogens is 436 g/mol. The number of carbonyl (C=O) groups is 2. The van der Waals surface area contributed by atoms with Crippen LogP contribution in [0.5, 0.6) is 0 Å². The van der Waals surface area contributed by atoms with E-state index >= 15 is 0 Å². The van der Waals surface area contributed by atoms with Crippen molar-refractivity contribution < 1.29 is 18.0 Å². The molecule has 164 valence electrons. The molecule has 2 atom stereocenters. The Hall–Kier alpha value is -2.72. The van der Waals surface area contributed by atoms with E-state index in [9.17, 15) is 18.0 Å². The highest BCUT2D eigenvalue weighted by Gasteiger charge is 2.32. The van der Waals surface area contributed by atoms with Gasteiger partial charge in [-0.05, 0) is 42.7 Å². The van der Waals surface area contributed by atoms with Crippen LogP contribution in [0.25, 0.3) is 15.3 Å². The summed E-state index contributed by atoms with van der Waals surface area (Å²) in [5.74, 6) is -0.848. The van der Waals surface area contributed by atoms with E-state index in [0.29, 0.717) is 12.0 Å². The van der Waals surface area contributed by atoms with E-state index in [0.717, 1.165) is 15.3 Å². The van der Waals surface area contributed by atoms with E-state index in [4.69, 9.17) is 0 Å². The predicted molar refractivity (Wildman–Crippen MR) is 120 cm³/mol. The average molecular weight is 461 g/mol. The summed E-state index contributed by atoms with van der Waals surface area (Å²) in [7, 11) is -3.10. The third-order valence-electron chi connectivity index (χ3n) is 5.28. The summed E-state index contributed by atoms with van der Waals surface area (Å²) in [4.78, 5) is 30.2. The smallest absolute Gasteiger partial charge is 0.251 e. The van der Waals surface area contributed by atoms with Crippen molar-refractivity contribution in [2.75, 3.05) is 11.5 Å². The maximum atomic E-state index is 12.9. The van der Waals surface area contributed by atoms with Gasteiger partial charge in [0.25, 0.3) is 5.91 Å². The summed E-state index contributed by atoms with van der Waals surface area (Å²) < 4.78 is 26.1. The Morgan fingerprint density at radius 3 is 2.61 bits per heavy atom. The first-order valence-electron chi connectivity index (χ1n) is 10.1. The van der Waals surface area contributed by atoms with Gasteiger partial charge in [-0.3, -0.25) is 9.59 Å². The van der Waals surface area contributed by atoms with Crippen molar-refractivity contribution >= 4 is 43.2 Å². The van der Waals surface area contributed by atoms with Gasteiger partial charge < -0.3 is 15.2 Å². The number of nitrogens with one attached hydrogen (secondary N) is 2. The van der Waals surface area contributed by atoms with Gasteiger partial charge in [0.1, 0.15) is 6.04 Å². The van der Waals surface area contributed by atoms with Gasteiger partial charge in [-0.2, -0.15) is 0 Å². The fourth-order valence-corrected chi connectivity index (χ4v) is 6.23. The zero-order chi connectivity index (χ0) is 22.2. The molecular formula is C21H24N4O4S2. The summed E-state index contributed by atoms with van der Waals surface area (Å²) in [6.45, 7) is 3.68. The van der Waals surface area contributed by atoms with Crippen LogP contribution in [-0.2, 0) is 14.6 Å². The van der Waals surface area contributed by atoms with Gasteiger partial charge in [0.2, 0.25) is 5.91 Å². The van der Waals surface area contributed by atoms with Crippen molar-refractivity contribution in [3.8, 4) is 5.13 Å².